The zero-order valence-electron chi connectivity index (χ0n) is 16.8. The number of hydrogen-bond acceptors (Lipinski definition) is 7. The normalized spacial score (nSPS) is 17.7. The van der Waals surface area contributed by atoms with Crippen molar-refractivity contribution in [2.45, 2.75) is 38.8 Å². The Morgan fingerprint density at radius 2 is 2.10 bits per heavy atom. The van der Waals surface area contributed by atoms with Gasteiger partial charge in [-0.2, -0.15) is 4.98 Å². The van der Waals surface area contributed by atoms with E-state index < -0.39 is 11.5 Å². The van der Waals surface area contributed by atoms with Crippen LogP contribution >= 0.6 is 11.6 Å². The Morgan fingerprint density at radius 3 is 2.76 bits per heavy atom. The predicted octanol–water partition coefficient (Wildman–Crippen LogP) is 2.70. The number of nitrogens with zero attached hydrogens (tertiary/aromatic N) is 3. The summed E-state index contributed by atoms with van der Waals surface area (Å²) in [5, 5.41) is 13.0. The summed E-state index contributed by atoms with van der Waals surface area (Å²) in [6, 6.07) is 7.15. The molecule has 1 saturated heterocycles. The molecule has 0 bridgehead atoms. The summed E-state index contributed by atoms with van der Waals surface area (Å²) in [7, 11) is 0. The van der Waals surface area contributed by atoms with Gasteiger partial charge >= 0.3 is 0 Å². The quantitative estimate of drug-likeness (QED) is 0.698. The zero-order chi connectivity index (χ0) is 21.2. The van der Waals surface area contributed by atoms with Crippen LogP contribution in [-0.4, -0.2) is 46.3 Å². The minimum absolute atomic E-state index is 0.0715. The van der Waals surface area contributed by atoms with Crippen LogP contribution in [0.3, 0.4) is 0 Å². The van der Waals surface area contributed by atoms with E-state index in [1.807, 2.05) is 19.1 Å². The molecule has 0 aliphatic carbocycles. The van der Waals surface area contributed by atoms with Crippen molar-refractivity contribution in [1.82, 2.24) is 9.97 Å². The van der Waals surface area contributed by atoms with Gasteiger partial charge in [-0.25, -0.2) is 4.98 Å². The van der Waals surface area contributed by atoms with Crippen LogP contribution in [0.25, 0.3) is 0 Å². The first kappa shape index (κ1) is 21.3. The number of nitrogen functional groups attached to an aromatic ring is 1. The average molecular weight is 420 g/mol. The van der Waals surface area contributed by atoms with Gasteiger partial charge in [0.2, 0.25) is 5.95 Å². The Balaban J connectivity index is 1.92. The summed E-state index contributed by atoms with van der Waals surface area (Å²) >= 11 is 6.59. The van der Waals surface area contributed by atoms with Gasteiger partial charge in [0.1, 0.15) is 11.4 Å². The lowest BCUT2D eigenvalue weighted by atomic mass is 10.0. The number of nitrogens with two attached hydrogens (primary N) is 1. The van der Waals surface area contributed by atoms with Gasteiger partial charge in [0.25, 0.3) is 5.91 Å². The Bertz CT molecular complexity index is 880. The smallest absolute Gasteiger partial charge is 0.255 e. The number of halogens is 1. The molecule has 1 amide bonds. The van der Waals surface area contributed by atoms with Crippen molar-refractivity contribution >= 4 is 35.0 Å². The number of aryl methyl sites for hydroxylation is 1. The van der Waals surface area contributed by atoms with E-state index in [2.05, 4.69) is 20.2 Å². The Labute approximate surface area is 175 Å². The fourth-order valence-electron chi connectivity index (χ4n) is 3.25. The van der Waals surface area contributed by atoms with Crippen LogP contribution in [0.5, 0.6) is 0 Å². The number of carbonyl (C=O) groups is 1. The molecule has 0 saturated carbocycles. The van der Waals surface area contributed by atoms with Gasteiger partial charge in [-0.15, -0.1) is 0 Å². The van der Waals surface area contributed by atoms with E-state index >= 15 is 0 Å². The molecular formula is C20H26ClN5O3. The number of rotatable bonds is 4. The van der Waals surface area contributed by atoms with E-state index in [4.69, 9.17) is 22.1 Å². The molecule has 0 unspecified atom stereocenters. The molecule has 1 aromatic heterocycles. The Morgan fingerprint density at radius 1 is 1.34 bits per heavy atom. The van der Waals surface area contributed by atoms with Crippen molar-refractivity contribution in [1.29, 1.82) is 0 Å². The third kappa shape index (κ3) is 5.14. The summed E-state index contributed by atoms with van der Waals surface area (Å²) < 4.78 is 5.67. The van der Waals surface area contributed by atoms with Crippen molar-refractivity contribution in [3.63, 3.8) is 0 Å². The maximum absolute atomic E-state index is 12.0. The summed E-state index contributed by atoms with van der Waals surface area (Å²) in [6.45, 7) is 6.52. The van der Waals surface area contributed by atoms with Crippen molar-refractivity contribution in [3.8, 4) is 0 Å². The highest BCUT2D eigenvalue weighted by Gasteiger charge is 2.28. The number of benzene rings is 1. The van der Waals surface area contributed by atoms with Gasteiger partial charge in [0, 0.05) is 35.6 Å². The molecular weight excluding hydrogens is 394 g/mol. The Kier molecular flexibility index (Phi) is 6.26. The maximum atomic E-state index is 12.0. The largest absolute Gasteiger partial charge is 0.381 e. The Hall–Kier alpha value is -2.42. The number of hydrogen-bond donors (Lipinski definition) is 3. The molecule has 156 valence electrons. The highest BCUT2D eigenvalue weighted by atomic mass is 35.5. The number of nitrogens with one attached hydrogen (secondary N) is 1. The van der Waals surface area contributed by atoms with Crippen molar-refractivity contribution in [2.75, 3.05) is 35.7 Å². The molecule has 1 aliphatic rings. The lowest BCUT2D eigenvalue weighted by molar-refractivity contribution is -0.130. The number of ether oxygens (including phenoxy) is 1. The first-order valence-corrected chi connectivity index (χ1v) is 9.82. The lowest BCUT2D eigenvalue weighted by Gasteiger charge is -2.31. The topological polar surface area (TPSA) is 114 Å². The van der Waals surface area contributed by atoms with E-state index in [0.717, 1.165) is 23.5 Å². The van der Waals surface area contributed by atoms with E-state index in [-0.39, 0.29) is 12.0 Å². The van der Waals surface area contributed by atoms with Gasteiger partial charge in [0.05, 0.1) is 12.6 Å². The average Bonchev–Trinajstić information content (AvgIpc) is 2.86. The van der Waals surface area contributed by atoms with Crippen LogP contribution in [0, 0.1) is 6.92 Å². The van der Waals surface area contributed by atoms with Gasteiger partial charge in [0.15, 0.2) is 0 Å². The number of aromatic nitrogens is 2. The SMILES string of the molecule is Cc1cc(N2CCOCC[C@@H]2c2ccc(NC(=O)C(C)(C)O)cc2Cl)nc(N)n1. The summed E-state index contributed by atoms with van der Waals surface area (Å²) in [5.41, 5.74) is 6.57. The standard InChI is InChI=1S/C20H26ClN5O3/c1-12-10-17(25-19(22)23-12)26-7-9-29-8-6-16(26)14-5-4-13(11-15(14)21)24-18(27)20(2,3)28/h4-5,10-11,16,28H,6-9H2,1-3H3,(H,24,27)(H2,22,23,25)/t16-/m1/s1. The van der Waals surface area contributed by atoms with E-state index in [1.165, 1.54) is 13.8 Å². The maximum Gasteiger partial charge on any atom is 0.255 e. The van der Waals surface area contributed by atoms with Gasteiger partial charge in [-0.3, -0.25) is 4.79 Å². The zero-order valence-corrected chi connectivity index (χ0v) is 17.5. The number of amides is 1. The molecule has 0 spiro atoms. The van der Waals surface area contributed by atoms with Crippen molar-refractivity contribution in [2.24, 2.45) is 0 Å². The fourth-order valence-corrected chi connectivity index (χ4v) is 3.56. The summed E-state index contributed by atoms with van der Waals surface area (Å²) in [4.78, 5) is 22.7. The third-order valence-electron chi connectivity index (χ3n) is 4.71. The number of carbonyl (C=O) groups excluding carboxylic acids is 1. The van der Waals surface area contributed by atoms with Crippen molar-refractivity contribution < 1.29 is 14.6 Å². The molecule has 3 rings (SSSR count). The molecule has 0 radical (unpaired) electrons. The second-order valence-corrected chi connectivity index (χ2v) is 7.99. The van der Waals surface area contributed by atoms with E-state index in [1.54, 1.807) is 12.1 Å². The second-order valence-electron chi connectivity index (χ2n) is 7.59. The van der Waals surface area contributed by atoms with E-state index in [0.29, 0.717) is 30.5 Å². The molecule has 1 atom stereocenters. The minimum atomic E-state index is -1.48. The lowest BCUT2D eigenvalue weighted by Crippen LogP contribution is -2.36. The third-order valence-corrected chi connectivity index (χ3v) is 5.04. The van der Waals surface area contributed by atoms with E-state index in [9.17, 15) is 9.90 Å². The van der Waals surface area contributed by atoms with Crippen molar-refractivity contribution in [3.05, 3.63) is 40.5 Å². The van der Waals surface area contributed by atoms with Crippen LogP contribution in [0.4, 0.5) is 17.5 Å². The highest BCUT2D eigenvalue weighted by Crippen LogP contribution is 2.36. The van der Waals surface area contributed by atoms with Crippen LogP contribution in [0.15, 0.2) is 24.3 Å². The first-order valence-electron chi connectivity index (χ1n) is 9.44. The monoisotopic (exact) mass is 419 g/mol. The highest BCUT2D eigenvalue weighted by molar-refractivity contribution is 6.31. The molecule has 8 nitrogen and oxygen atoms in total. The number of anilines is 3. The van der Waals surface area contributed by atoms with Gasteiger partial charge in [-0.05, 0) is 44.9 Å². The molecule has 29 heavy (non-hydrogen) atoms. The summed E-state index contributed by atoms with van der Waals surface area (Å²) in [5.74, 6) is 0.443. The van der Waals surface area contributed by atoms with Crippen LogP contribution in [-0.2, 0) is 9.53 Å². The molecule has 1 aromatic carbocycles. The fraction of sp³-hybridized carbons (Fsp3) is 0.450. The number of aliphatic hydroxyl groups is 1. The summed E-state index contributed by atoms with van der Waals surface area (Å²) in [6.07, 6.45) is 0.720. The predicted molar refractivity (Wildman–Crippen MR) is 113 cm³/mol. The molecule has 9 heteroatoms. The molecule has 4 N–H and O–H groups in total. The van der Waals surface area contributed by atoms with Crippen LogP contribution in [0.2, 0.25) is 5.02 Å². The molecule has 1 fully saturated rings. The van der Waals surface area contributed by atoms with Crippen LogP contribution < -0.4 is 16.0 Å². The molecule has 2 heterocycles. The van der Waals surface area contributed by atoms with Gasteiger partial charge < -0.3 is 25.8 Å². The van der Waals surface area contributed by atoms with Crippen LogP contribution in [0.1, 0.15) is 37.6 Å². The molecule has 2 aromatic rings. The van der Waals surface area contributed by atoms with Gasteiger partial charge in [-0.1, -0.05) is 17.7 Å². The minimum Gasteiger partial charge on any atom is -0.381 e. The second kappa shape index (κ2) is 8.52. The molecule has 1 aliphatic heterocycles. The first-order chi connectivity index (χ1) is 13.6.